The van der Waals surface area contributed by atoms with Crippen molar-refractivity contribution in [3.05, 3.63) is 106 Å². The van der Waals surface area contributed by atoms with Gasteiger partial charge in [-0.15, -0.1) is 0 Å². The number of benzene rings is 2. The molecule has 4 rings (SSSR count). The fourth-order valence-electron chi connectivity index (χ4n) is 3.40. The Hall–Kier alpha value is -4.08. The van der Waals surface area contributed by atoms with Gasteiger partial charge in [0, 0.05) is 29.7 Å². The van der Waals surface area contributed by atoms with E-state index in [0.717, 1.165) is 12.1 Å². The van der Waals surface area contributed by atoms with Gasteiger partial charge < -0.3 is 0 Å². The van der Waals surface area contributed by atoms with Crippen molar-refractivity contribution in [3.8, 4) is 11.4 Å². The average molecular weight is 457 g/mol. The molecule has 0 spiro atoms. The highest BCUT2D eigenvalue weighted by molar-refractivity contribution is 5.97. The molecule has 2 heterocycles. The number of halogens is 4. The molecule has 0 amide bonds. The molecule has 0 radical (unpaired) electrons. The number of aromatic nitrogens is 3. The van der Waals surface area contributed by atoms with Gasteiger partial charge in [0.25, 0.3) is 0 Å². The quantitative estimate of drug-likeness (QED) is 0.326. The summed E-state index contributed by atoms with van der Waals surface area (Å²) in [6.45, 7) is 0. The number of nitrogens with zero attached hydrogens (tertiary/aromatic N) is 2. The van der Waals surface area contributed by atoms with Crippen LogP contribution in [0.5, 0.6) is 0 Å². The number of Topliss-reactive ketones (excluding diaryl/α,β-unsaturated/α-hetero) is 1. The number of carbonyl (C=O) groups is 1. The second-order valence-corrected chi connectivity index (χ2v) is 7.19. The van der Waals surface area contributed by atoms with E-state index >= 15 is 0 Å². The molecule has 1 N–H and O–H groups in total. The maximum Gasteiger partial charge on any atom is 0.439 e. The number of hydrogen-bond acceptors (Lipinski definition) is 5. The lowest BCUT2D eigenvalue weighted by Gasteiger charge is -2.18. The molecule has 0 bridgehead atoms. The van der Waals surface area contributed by atoms with Crippen LogP contribution in [0.4, 0.5) is 17.6 Å². The van der Waals surface area contributed by atoms with Crippen molar-refractivity contribution in [1.82, 2.24) is 15.1 Å². The SMILES string of the molecule is O=C(C[C@@H](c1ccc(C(F)(F)F)cc1)c1ncccc1F)c1ccc(-c2noc(=O)[nH]2)cc1. The lowest BCUT2D eigenvalue weighted by atomic mass is 9.87. The highest BCUT2D eigenvalue weighted by Gasteiger charge is 2.31. The lowest BCUT2D eigenvalue weighted by molar-refractivity contribution is -0.137. The number of alkyl halides is 3. The topological polar surface area (TPSA) is 88.8 Å². The van der Waals surface area contributed by atoms with Crippen LogP contribution in [0, 0.1) is 5.82 Å². The molecule has 0 aliphatic heterocycles. The zero-order valence-electron chi connectivity index (χ0n) is 16.8. The van der Waals surface area contributed by atoms with Crippen molar-refractivity contribution in [2.45, 2.75) is 18.5 Å². The minimum atomic E-state index is -4.52. The first-order chi connectivity index (χ1) is 15.7. The first-order valence-electron chi connectivity index (χ1n) is 9.69. The third-order valence-electron chi connectivity index (χ3n) is 5.07. The number of aromatic amines is 1. The number of nitrogens with one attached hydrogen (secondary N) is 1. The molecule has 0 aliphatic rings. The van der Waals surface area contributed by atoms with E-state index in [1.165, 1.54) is 42.6 Å². The molecule has 0 saturated heterocycles. The maximum absolute atomic E-state index is 14.5. The van der Waals surface area contributed by atoms with E-state index < -0.39 is 29.2 Å². The lowest BCUT2D eigenvalue weighted by Crippen LogP contribution is -2.13. The molecule has 2 aromatic carbocycles. The number of pyridine rings is 1. The van der Waals surface area contributed by atoms with Crippen LogP contribution in [0.2, 0.25) is 0 Å². The van der Waals surface area contributed by atoms with Gasteiger partial charge in [-0.3, -0.25) is 19.3 Å². The fourth-order valence-corrected chi connectivity index (χ4v) is 3.40. The highest BCUT2D eigenvalue weighted by atomic mass is 19.4. The summed E-state index contributed by atoms with van der Waals surface area (Å²) in [5.41, 5.74) is 0.234. The van der Waals surface area contributed by atoms with Gasteiger partial charge in [0.05, 0.1) is 11.3 Å². The van der Waals surface area contributed by atoms with Crippen molar-refractivity contribution in [3.63, 3.8) is 0 Å². The number of hydrogen-bond donors (Lipinski definition) is 1. The first-order valence-corrected chi connectivity index (χ1v) is 9.69. The molecule has 0 unspecified atom stereocenters. The summed E-state index contributed by atoms with van der Waals surface area (Å²) < 4.78 is 57.8. The van der Waals surface area contributed by atoms with Crippen LogP contribution in [0.15, 0.2) is 76.2 Å². The Kier molecular flexibility index (Phi) is 5.91. The summed E-state index contributed by atoms with van der Waals surface area (Å²) in [7, 11) is 0. The van der Waals surface area contributed by atoms with Crippen LogP contribution in [-0.4, -0.2) is 20.9 Å². The monoisotopic (exact) mass is 457 g/mol. The number of carbonyl (C=O) groups excluding carboxylic acids is 1. The smallest absolute Gasteiger partial charge is 0.296 e. The van der Waals surface area contributed by atoms with Gasteiger partial charge in [0.15, 0.2) is 11.6 Å². The van der Waals surface area contributed by atoms with Gasteiger partial charge in [0.1, 0.15) is 5.82 Å². The Balaban J connectivity index is 1.63. The number of H-pyrrole nitrogens is 1. The summed E-state index contributed by atoms with van der Waals surface area (Å²) in [4.78, 5) is 30.5. The van der Waals surface area contributed by atoms with E-state index in [9.17, 15) is 27.2 Å². The van der Waals surface area contributed by atoms with Gasteiger partial charge in [-0.2, -0.15) is 13.2 Å². The van der Waals surface area contributed by atoms with Crippen LogP contribution in [0.1, 0.15) is 39.5 Å². The third-order valence-corrected chi connectivity index (χ3v) is 5.07. The van der Waals surface area contributed by atoms with Crippen molar-refractivity contribution in [2.24, 2.45) is 0 Å². The predicted octanol–water partition coefficient (Wildman–Crippen LogP) is 4.99. The normalized spacial score (nSPS) is 12.5. The van der Waals surface area contributed by atoms with Gasteiger partial charge in [0.2, 0.25) is 0 Å². The van der Waals surface area contributed by atoms with Gasteiger partial charge in [-0.1, -0.05) is 41.6 Å². The predicted molar refractivity (Wildman–Crippen MR) is 109 cm³/mol. The molecular formula is C23H15F4N3O3. The Morgan fingerprint density at radius 2 is 1.73 bits per heavy atom. The molecule has 33 heavy (non-hydrogen) atoms. The highest BCUT2D eigenvalue weighted by Crippen LogP contribution is 2.34. The van der Waals surface area contributed by atoms with Crippen molar-refractivity contribution in [1.29, 1.82) is 0 Å². The van der Waals surface area contributed by atoms with Crippen LogP contribution in [0.25, 0.3) is 11.4 Å². The molecule has 1 atom stereocenters. The molecule has 0 aliphatic carbocycles. The number of ketones is 1. The van der Waals surface area contributed by atoms with Crippen LogP contribution in [-0.2, 0) is 6.18 Å². The van der Waals surface area contributed by atoms with E-state index in [1.54, 1.807) is 12.1 Å². The van der Waals surface area contributed by atoms with E-state index in [-0.39, 0.29) is 29.3 Å². The van der Waals surface area contributed by atoms with E-state index in [0.29, 0.717) is 11.1 Å². The summed E-state index contributed by atoms with van der Waals surface area (Å²) in [6.07, 6.45) is -3.39. The zero-order chi connectivity index (χ0) is 23.6. The van der Waals surface area contributed by atoms with Gasteiger partial charge >= 0.3 is 11.9 Å². The second-order valence-electron chi connectivity index (χ2n) is 7.19. The van der Waals surface area contributed by atoms with E-state index in [2.05, 4.69) is 19.6 Å². The zero-order valence-corrected chi connectivity index (χ0v) is 16.8. The molecule has 10 heteroatoms. The Morgan fingerprint density at radius 1 is 1.03 bits per heavy atom. The van der Waals surface area contributed by atoms with Gasteiger partial charge in [-0.05, 0) is 29.8 Å². The molecule has 4 aromatic rings. The fraction of sp³-hybridized carbons (Fsp3) is 0.130. The minimum absolute atomic E-state index is 0.0394. The van der Waals surface area contributed by atoms with Crippen molar-refractivity contribution < 1.29 is 26.9 Å². The number of rotatable bonds is 6. The van der Waals surface area contributed by atoms with Gasteiger partial charge in [-0.25, -0.2) is 9.18 Å². The van der Waals surface area contributed by atoms with E-state index in [4.69, 9.17) is 0 Å². The molecular weight excluding hydrogens is 442 g/mol. The summed E-state index contributed by atoms with van der Waals surface area (Å²) >= 11 is 0. The molecule has 6 nitrogen and oxygen atoms in total. The van der Waals surface area contributed by atoms with Crippen LogP contribution in [0.3, 0.4) is 0 Å². The molecule has 168 valence electrons. The molecule has 2 aromatic heterocycles. The summed E-state index contributed by atoms with van der Waals surface area (Å²) in [5, 5.41) is 3.56. The summed E-state index contributed by atoms with van der Waals surface area (Å²) in [5.74, 6) is -2.46. The Bertz CT molecular complexity index is 1330. The van der Waals surface area contributed by atoms with E-state index in [1.807, 2.05) is 0 Å². The Morgan fingerprint density at radius 3 is 2.30 bits per heavy atom. The Labute approximate surface area is 183 Å². The van der Waals surface area contributed by atoms with Crippen LogP contribution >= 0.6 is 0 Å². The van der Waals surface area contributed by atoms with Crippen molar-refractivity contribution >= 4 is 5.78 Å². The van der Waals surface area contributed by atoms with Crippen molar-refractivity contribution in [2.75, 3.05) is 0 Å². The molecule has 0 fully saturated rings. The largest absolute Gasteiger partial charge is 0.439 e. The van der Waals surface area contributed by atoms with Crippen LogP contribution < -0.4 is 5.76 Å². The first kappa shape index (κ1) is 22.1. The second kappa shape index (κ2) is 8.81. The molecule has 0 saturated carbocycles. The minimum Gasteiger partial charge on any atom is -0.296 e. The maximum atomic E-state index is 14.5. The standard InChI is InChI=1S/C23H15F4N3O3/c24-18-2-1-11-28-20(18)17(13-7-9-16(10-8-13)23(25,26)27)12-19(31)14-3-5-15(6-4-14)21-29-22(32)33-30-21/h1-11,17H,12H2,(H,29,30,32)/t17-/m0/s1. The summed E-state index contributed by atoms with van der Waals surface area (Å²) in [6, 6.07) is 12.9. The average Bonchev–Trinajstić information content (AvgIpc) is 3.24. The third kappa shape index (κ3) is 4.89.